The molecule has 4 rings (SSSR count). The second kappa shape index (κ2) is 6.75. The van der Waals surface area contributed by atoms with Crippen LogP contribution in [0.5, 0.6) is 0 Å². The zero-order valence-corrected chi connectivity index (χ0v) is 14.5. The summed E-state index contributed by atoms with van der Waals surface area (Å²) in [6.07, 6.45) is 7.40. The minimum atomic E-state index is 0.140. The van der Waals surface area contributed by atoms with Gasteiger partial charge in [0.05, 0.1) is 0 Å². The molecule has 2 heterocycles. The minimum Gasteiger partial charge on any atom is -0.337 e. The molecule has 24 heavy (non-hydrogen) atoms. The maximum absolute atomic E-state index is 12.7. The highest BCUT2D eigenvalue weighted by molar-refractivity contribution is 5.74. The number of hydrogen-bond acceptors (Lipinski definition) is 2. The summed E-state index contributed by atoms with van der Waals surface area (Å²) in [4.78, 5) is 17.3. The van der Waals surface area contributed by atoms with Crippen molar-refractivity contribution < 1.29 is 4.79 Å². The molecule has 1 saturated carbocycles. The van der Waals surface area contributed by atoms with E-state index in [4.69, 9.17) is 0 Å². The number of nitrogens with zero attached hydrogens (tertiary/aromatic N) is 2. The molecule has 0 aromatic heterocycles. The summed E-state index contributed by atoms with van der Waals surface area (Å²) in [5.41, 5.74) is 1.57. The van der Waals surface area contributed by atoms with Crippen LogP contribution < -0.4 is 5.32 Å². The topological polar surface area (TPSA) is 35.6 Å². The molecule has 3 aliphatic rings. The van der Waals surface area contributed by atoms with Crippen LogP contribution in [0.3, 0.4) is 0 Å². The van der Waals surface area contributed by atoms with Crippen molar-refractivity contribution in [2.24, 2.45) is 0 Å². The fourth-order valence-corrected chi connectivity index (χ4v) is 4.41. The summed E-state index contributed by atoms with van der Waals surface area (Å²) in [7, 11) is 0. The lowest BCUT2D eigenvalue weighted by Crippen LogP contribution is -2.52. The number of likely N-dealkylation sites (tertiary alicyclic amines) is 2. The molecule has 3 fully saturated rings. The van der Waals surface area contributed by atoms with E-state index in [0.717, 1.165) is 26.1 Å². The van der Waals surface area contributed by atoms with Crippen LogP contribution in [0.4, 0.5) is 4.79 Å². The highest BCUT2D eigenvalue weighted by Crippen LogP contribution is 2.47. The molecule has 2 aliphatic heterocycles. The third-order valence-electron chi connectivity index (χ3n) is 6.16. The van der Waals surface area contributed by atoms with Crippen LogP contribution in [0.15, 0.2) is 30.3 Å². The highest BCUT2D eigenvalue weighted by atomic mass is 16.2. The number of rotatable bonds is 4. The lowest BCUT2D eigenvalue weighted by atomic mass is 9.96. The predicted octanol–water partition coefficient (Wildman–Crippen LogP) is 2.99. The first kappa shape index (κ1) is 15.9. The number of benzene rings is 1. The van der Waals surface area contributed by atoms with Crippen molar-refractivity contribution in [3.05, 3.63) is 35.9 Å². The van der Waals surface area contributed by atoms with Crippen molar-refractivity contribution in [3.8, 4) is 0 Å². The van der Waals surface area contributed by atoms with E-state index in [9.17, 15) is 4.79 Å². The van der Waals surface area contributed by atoms with Crippen molar-refractivity contribution in [2.75, 3.05) is 32.7 Å². The summed E-state index contributed by atoms with van der Waals surface area (Å²) in [5.74, 6) is 0. The molecule has 130 valence electrons. The lowest BCUT2D eigenvalue weighted by molar-refractivity contribution is 0.125. The van der Waals surface area contributed by atoms with Crippen LogP contribution in [0.2, 0.25) is 0 Å². The van der Waals surface area contributed by atoms with Gasteiger partial charge in [0.15, 0.2) is 0 Å². The lowest BCUT2D eigenvalue weighted by Gasteiger charge is -2.37. The second-order valence-electron chi connectivity index (χ2n) is 7.79. The van der Waals surface area contributed by atoms with Gasteiger partial charge in [0.25, 0.3) is 0 Å². The number of urea groups is 1. The molecular formula is C20H29N3O. The average molecular weight is 327 g/mol. The molecule has 1 aromatic rings. The Morgan fingerprint density at radius 2 is 1.83 bits per heavy atom. The largest absolute Gasteiger partial charge is 0.337 e. The number of piperidine rings is 1. The maximum Gasteiger partial charge on any atom is 0.317 e. The quantitative estimate of drug-likeness (QED) is 0.923. The van der Waals surface area contributed by atoms with E-state index in [1.807, 2.05) is 4.90 Å². The van der Waals surface area contributed by atoms with E-state index < -0.39 is 0 Å². The summed E-state index contributed by atoms with van der Waals surface area (Å²) >= 11 is 0. The van der Waals surface area contributed by atoms with Gasteiger partial charge < -0.3 is 10.2 Å². The van der Waals surface area contributed by atoms with E-state index >= 15 is 0 Å². The Kier molecular flexibility index (Phi) is 4.49. The first-order valence-corrected chi connectivity index (χ1v) is 9.59. The van der Waals surface area contributed by atoms with Gasteiger partial charge in [-0.1, -0.05) is 30.3 Å². The Hall–Kier alpha value is -1.55. The molecule has 1 aliphatic carbocycles. The molecule has 0 radical (unpaired) electrons. The molecular weight excluding hydrogens is 298 g/mol. The van der Waals surface area contributed by atoms with E-state index in [-0.39, 0.29) is 11.4 Å². The van der Waals surface area contributed by atoms with Gasteiger partial charge in [-0.2, -0.15) is 0 Å². The molecule has 0 unspecified atom stereocenters. The van der Waals surface area contributed by atoms with Crippen LogP contribution in [0.1, 0.15) is 44.1 Å². The fraction of sp³-hybridized carbons (Fsp3) is 0.650. The van der Waals surface area contributed by atoms with E-state index in [0.29, 0.717) is 6.04 Å². The second-order valence-corrected chi connectivity index (χ2v) is 7.79. The van der Waals surface area contributed by atoms with Crippen LogP contribution in [0.25, 0.3) is 0 Å². The van der Waals surface area contributed by atoms with Crippen LogP contribution >= 0.6 is 0 Å². The molecule has 0 spiro atoms. The van der Waals surface area contributed by atoms with Gasteiger partial charge >= 0.3 is 6.03 Å². The fourth-order valence-electron chi connectivity index (χ4n) is 4.41. The molecule has 4 nitrogen and oxygen atoms in total. The molecule has 1 aromatic carbocycles. The van der Waals surface area contributed by atoms with Crippen LogP contribution in [-0.2, 0) is 5.41 Å². The number of hydrogen-bond donors (Lipinski definition) is 1. The average Bonchev–Trinajstić information content (AvgIpc) is 3.24. The van der Waals surface area contributed by atoms with E-state index in [2.05, 4.69) is 40.5 Å². The van der Waals surface area contributed by atoms with Gasteiger partial charge in [-0.15, -0.1) is 0 Å². The zero-order chi connectivity index (χ0) is 16.4. The molecule has 2 amide bonds. The summed E-state index contributed by atoms with van der Waals surface area (Å²) < 4.78 is 0. The Bertz CT molecular complexity index is 564. The Balaban J connectivity index is 1.31. The molecule has 4 heteroatoms. The summed E-state index contributed by atoms with van der Waals surface area (Å²) in [5, 5.41) is 3.23. The van der Waals surface area contributed by atoms with Gasteiger partial charge in [0, 0.05) is 31.1 Å². The number of nitrogens with one attached hydrogen (secondary N) is 1. The van der Waals surface area contributed by atoms with Crippen LogP contribution in [-0.4, -0.2) is 54.6 Å². The van der Waals surface area contributed by atoms with Gasteiger partial charge in [-0.05, 0) is 57.2 Å². The van der Waals surface area contributed by atoms with Gasteiger partial charge in [0.2, 0.25) is 0 Å². The molecule has 1 atom stereocenters. The van der Waals surface area contributed by atoms with Gasteiger partial charge in [-0.3, -0.25) is 4.90 Å². The van der Waals surface area contributed by atoms with E-state index in [1.165, 1.54) is 50.8 Å². The third-order valence-corrected chi connectivity index (χ3v) is 6.16. The van der Waals surface area contributed by atoms with Crippen molar-refractivity contribution in [2.45, 2.75) is 50.0 Å². The van der Waals surface area contributed by atoms with Crippen molar-refractivity contribution in [1.29, 1.82) is 0 Å². The summed E-state index contributed by atoms with van der Waals surface area (Å²) in [6.45, 7) is 5.04. The smallest absolute Gasteiger partial charge is 0.317 e. The molecule has 0 bridgehead atoms. The SMILES string of the molecule is O=C(NCC1(c2ccccc2)CC1)N1CCC[C@@H](N2CCCC2)C1. The predicted molar refractivity (Wildman–Crippen MR) is 96.2 cm³/mol. The highest BCUT2D eigenvalue weighted by Gasteiger charge is 2.44. The molecule has 1 N–H and O–H groups in total. The number of carbonyl (C=O) groups is 1. The van der Waals surface area contributed by atoms with Crippen molar-refractivity contribution in [1.82, 2.24) is 15.1 Å². The Morgan fingerprint density at radius 3 is 2.54 bits per heavy atom. The monoisotopic (exact) mass is 327 g/mol. The van der Waals surface area contributed by atoms with Crippen molar-refractivity contribution in [3.63, 3.8) is 0 Å². The standard InChI is InChI=1S/C20H29N3O/c24-19(21-16-20(10-11-20)17-7-2-1-3-8-17)23-14-6-9-18(15-23)22-12-4-5-13-22/h1-3,7-8,18H,4-6,9-16H2,(H,21,24)/t18-/m1/s1. The zero-order valence-electron chi connectivity index (χ0n) is 14.5. The van der Waals surface area contributed by atoms with Gasteiger partial charge in [-0.25, -0.2) is 4.79 Å². The normalized spacial score (nSPS) is 26.3. The van der Waals surface area contributed by atoms with Gasteiger partial charge in [0.1, 0.15) is 0 Å². The molecule has 2 saturated heterocycles. The minimum absolute atomic E-state index is 0.140. The maximum atomic E-state index is 12.7. The third kappa shape index (κ3) is 3.30. The first-order chi connectivity index (χ1) is 11.8. The first-order valence-electron chi connectivity index (χ1n) is 9.59. The number of carbonyl (C=O) groups excluding carboxylic acids is 1. The number of amides is 2. The Morgan fingerprint density at radius 1 is 1.08 bits per heavy atom. The van der Waals surface area contributed by atoms with Crippen LogP contribution in [0, 0.1) is 0 Å². The van der Waals surface area contributed by atoms with Crippen molar-refractivity contribution >= 4 is 6.03 Å². The van der Waals surface area contributed by atoms with E-state index in [1.54, 1.807) is 0 Å². The Labute approximate surface area is 145 Å². The summed E-state index contributed by atoms with van der Waals surface area (Å²) in [6, 6.07) is 11.4.